The van der Waals surface area contributed by atoms with Crippen molar-refractivity contribution in [3.63, 3.8) is 0 Å². The molecule has 0 spiro atoms. The average Bonchev–Trinajstić information content (AvgIpc) is 3.20. The maximum Gasteiger partial charge on any atom is 0.245 e. The van der Waals surface area contributed by atoms with Crippen molar-refractivity contribution in [1.29, 1.82) is 0 Å². The van der Waals surface area contributed by atoms with Crippen LogP contribution in [0.2, 0.25) is 0 Å². The summed E-state index contributed by atoms with van der Waals surface area (Å²) in [7, 11) is 1.77. The van der Waals surface area contributed by atoms with Gasteiger partial charge in [0.15, 0.2) is 17.0 Å². The van der Waals surface area contributed by atoms with Crippen molar-refractivity contribution in [1.82, 2.24) is 39.3 Å². The molecule has 1 aliphatic heterocycles. The number of carbonyl (C=O) groups is 2. The standard InChI is InChI=1S/C22H29N9O2/c1-6-16(22(33)30-10-13(3)29(5)17(32)11-30)27-19-18-21(26-12-25-19)31(7-2)20(28-18)15-8-23-14(4)24-9-15/h8-9,12-13,16H,6-7,10-11H2,1-5H3,(H,25,26,27)/t13?,16-/m1/s1. The molecular formula is C22H29N9O2. The number of rotatable bonds is 6. The highest BCUT2D eigenvalue weighted by Gasteiger charge is 2.33. The second kappa shape index (κ2) is 9.08. The minimum atomic E-state index is -0.538. The summed E-state index contributed by atoms with van der Waals surface area (Å²) in [6, 6.07) is -0.567. The molecule has 11 nitrogen and oxygen atoms in total. The van der Waals surface area contributed by atoms with Crippen LogP contribution in [0.4, 0.5) is 5.82 Å². The minimum Gasteiger partial charge on any atom is -0.356 e. The number of aryl methyl sites for hydroxylation is 2. The molecule has 174 valence electrons. The van der Waals surface area contributed by atoms with Crippen LogP contribution >= 0.6 is 0 Å². The smallest absolute Gasteiger partial charge is 0.245 e. The predicted molar refractivity (Wildman–Crippen MR) is 123 cm³/mol. The van der Waals surface area contributed by atoms with Crippen LogP contribution in [0, 0.1) is 6.92 Å². The van der Waals surface area contributed by atoms with Gasteiger partial charge in [0.1, 0.15) is 24.0 Å². The maximum atomic E-state index is 13.3. The summed E-state index contributed by atoms with van der Waals surface area (Å²) in [6.07, 6.45) is 5.47. The second-order valence-electron chi connectivity index (χ2n) is 8.27. The highest BCUT2D eigenvalue weighted by molar-refractivity contribution is 5.92. The van der Waals surface area contributed by atoms with Gasteiger partial charge in [0.25, 0.3) is 0 Å². The van der Waals surface area contributed by atoms with Gasteiger partial charge in [-0.15, -0.1) is 0 Å². The summed E-state index contributed by atoms with van der Waals surface area (Å²) in [6.45, 7) is 8.94. The Hall–Kier alpha value is -3.63. The van der Waals surface area contributed by atoms with E-state index in [4.69, 9.17) is 4.98 Å². The van der Waals surface area contributed by atoms with Crippen molar-refractivity contribution in [2.24, 2.45) is 0 Å². The zero-order chi connectivity index (χ0) is 23.7. The number of fused-ring (bicyclic) bond motifs is 1. The number of hydrogen-bond acceptors (Lipinski definition) is 8. The summed E-state index contributed by atoms with van der Waals surface area (Å²) >= 11 is 0. The number of nitrogens with one attached hydrogen (secondary N) is 1. The van der Waals surface area contributed by atoms with Crippen LogP contribution in [0.1, 0.15) is 33.0 Å². The lowest BCUT2D eigenvalue weighted by atomic mass is 10.1. The maximum absolute atomic E-state index is 13.3. The summed E-state index contributed by atoms with van der Waals surface area (Å²) in [5.74, 6) is 1.66. The van der Waals surface area contributed by atoms with Gasteiger partial charge < -0.3 is 19.7 Å². The van der Waals surface area contributed by atoms with Gasteiger partial charge in [-0.2, -0.15) is 0 Å². The first-order valence-corrected chi connectivity index (χ1v) is 11.1. The van der Waals surface area contributed by atoms with Crippen LogP contribution in [-0.4, -0.2) is 83.3 Å². The molecule has 1 saturated heterocycles. The Morgan fingerprint density at radius 1 is 1.21 bits per heavy atom. The lowest BCUT2D eigenvalue weighted by Gasteiger charge is -2.38. The topological polar surface area (TPSA) is 122 Å². The monoisotopic (exact) mass is 451 g/mol. The van der Waals surface area contributed by atoms with Crippen LogP contribution in [0.25, 0.3) is 22.6 Å². The van der Waals surface area contributed by atoms with Gasteiger partial charge in [-0.25, -0.2) is 24.9 Å². The van der Waals surface area contributed by atoms with Crippen molar-refractivity contribution in [2.45, 2.75) is 52.7 Å². The Balaban J connectivity index is 1.66. The summed E-state index contributed by atoms with van der Waals surface area (Å²) < 4.78 is 1.97. The molecule has 0 radical (unpaired) electrons. The van der Waals surface area contributed by atoms with E-state index in [0.717, 1.165) is 5.56 Å². The molecule has 1 N–H and O–H groups in total. The van der Waals surface area contributed by atoms with Crippen molar-refractivity contribution in [3.05, 3.63) is 24.5 Å². The zero-order valence-corrected chi connectivity index (χ0v) is 19.6. The largest absolute Gasteiger partial charge is 0.356 e. The van der Waals surface area contributed by atoms with Gasteiger partial charge in [-0.1, -0.05) is 6.92 Å². The molecule has 2 amide bonds. The molecular weight excluding hydrogens is 422 g/mol. The van der Waals surface area contributed by atoms with Gasteiger partial charge in [-0.3, -0.25) is 9.59 Å². The minimum absolute atomic E-state index is 0.0296. The lowest BCUT2D eigenvalue weighted by molar-refractivity contribution is -0.147. The van der Waals surface area contributed by atoms with Crippen molar-refractivity contribution in [3.8, 4) is 11.4 Å². The molecule has 2 atom stereocenters. The summed E-state index contributed by atoms with van der Waals surface area (Å²) in [4.78, 5) is 51.0. The highest BCUT2D eigenvalue weighted by atomic mass is 16.2. The number of imidazole rings is 1. The molecule has 4 rings (SSSR count). The summed E-state index contributed by atoms with van der Waals surface area (Å²) in [5, 5.41) is 3.26. The fourth-order valence-electron chi connectivity index (χ4n) is 3.99. The second-order valence-corrected chi connectivity index (χ2v) is 8.27. The fraction of sp³-hybridized carbons (Fsp3) is 0.500. The molecule has 3 aromatic rings. The SMILES string of the molecule is CC[C@@H](Nc1ncnc2c1nc(-c1cnc(C)nc1)n2CC)C(=O)N1CC(=O)N(C)C(C)C1. The van der Waals surface area contributed by atoms with E-state index in [-0.39, 0.29) is 24.4 Å². The summed E-state index contributed by atoms with van der Waals surface area (Å²) in [5.41, 5.74) is 2.01. The Labute approximate surface area is 192 Å². The third-order valence-corrected chi connectivity index (χ3v) is 6.08. The lowest BCUT2D eigenvalue weighted by Crippen LogP contribution is -2.57. The van der Waals surface area contributed by atoms with E-state index in [1.54, 1.807) is 29.2 Å². The van der Waals surface area contributed by atoms with Crippen LogP contribution in [0.3, 0.4) is 0 Å². The van der Waals surface area contributed by atoms with Gasteiger partial charge in [0.2, 0.25) is 11.8 Å². The molecule has 0 aromatic carbocycles. The van der Waals surface area contributed by atoms with Gasteiger partial charge in [0, 0.05) is 38.6 Å². The molecule has 11 heteroatoms. The Bertz CT molecular complexity index is 1170. The number of amides is 2. The molecule has 1 aliphatic rings. The van der Waals surface area contributed by atoms with E-state index in [0.29, 0.717) is 48.1 Å². The van der Waals surface area contributed by atoms with Crippen molar-refractivity contribution in [2.75, 3.05) is 25.5 Å². The zero-order valence-electron chi connectivity index (χ0n) is 19.6. The molecule has 0 aliphatic carbocycles. The molecule has 1 unspecified atom stereocenters. The van der Waals surface area contributed by atoms with Crippen LogP contribution in [0.15, 0.2) is 18.7 Å². The third kappa shape index (κ3) is 4.22. The van der Waals surface area contributed by atoms with E-state index in [1.165, 1.54) is 6.33 Å². The average molecular weight is 452 g/mol. The highest BCUT2D eigenvalue weighted by Crippen LogP contribution is 2.27. The van der Waals surface area contributed by atoms with Crippen LogP contribution in [0.5, 0.6) is 0 Å². The number of hydrogen-bond donors (Lipinski definition) is 1. The molecule has 0 saturated carbocycles. The predicted octanol–water partition coefficient (Wildman–Crippen LogP) is 1.49. The number of anilines is 1. The van der Waals surface area contributed by atoms with Gasteiger partial charge in [-0.05, 0) is 27.2 Å². The molecule has 4 heterocycles. The van der Waals surface area contributed by atoms with E-state index in [9.17, 15) is 9.59 Å². The van der Waals surface area contributed by atoms with Crippen molar-refractivity contribution >= 4 is 28.8 Å². The van der Waals surface area contributed by atoms with Crippen molar-refractivity contribution < 1.29 is 9.59 Å². The normalized spacial score (nSPS) is 17.5. The van der Waals surface area contributed by atoms with Crippen LogP contribution in [-0.2, 0) is 16.1 Å². The first kappa shape index (κ1) is 22.6. The first-order valence-electron chi connectivity index (χ1n) is 11.1. The van der Waals surface area contributed by atoms with E-state index < -0.39 is 6.04 Å². The van der Waals surface area contributed by atoms with E-state index in [1.807, 2.05) is 32.3 Å². The number of aromatic nitrogens is 6. The first-order chi connectivity index (χ1) is 15.8. The third-order valence-electron chi connectivity index (χ3n) is 6.08. The Kier molecular flexibility index (Phi) is 6.21. The number of piperazine rings is 1. The van der Waals surface area contributed by atoms with Crippen LogP contribution < -0.4 is 5.32 Å². The molecule has 3 aromatic heterocycles. The molecule has 1 fully saturated rings. The molecule has 33 heavy (non-hydrogen) atoms. The van der Waals surface area contributed by atoms with E-state index in [2.05, 4.69) is 25.3 Å². The number of likely N-dealkylation sites (N-methyl/N-ethyl adjacent to an activating group) is 1. The number of carbonyl (C=O) groups excluding carboxylic acids is 2. The van der Waals surface area contributed by atoms with E-state index >= 15 is 0 Å². The van der Waals surface area contributed by atoms with Gasteiger partial charge >= 0.3 is 0 Å². The quantitative estimate of drug-likeness (QED) is 0.598. The Morgan fingerprint density at radius 2 is 1.94 bits per heavy atom. The number of nitrogens with zero attached hydrogens (tertiary/aromatic N) is 8. The van der Waals surface area contributed by atoms with Gasteiger partial charge in [0.05, 0.1) is 12.1 Å². The fourth-order valence-corrected chi connectivity index (χ4v) is 3.99. The molecule has 0 bridgehead atoms. The Morgan fingerprint density at radius 3 is 2.58 bits per heavy atom.